The average molecular weight is 570 g/mol. The van der Waals surface area contributed by atoms with Crippen LogP contribution in [-0.4, -0.2) is 70.2 Å². The van der Waals surface area contributed by atoms with Crippen LogP contribution < -0.4 is 15.5 Å². The lowest BCUT2D eigenvalue weighted by atomic mass is 9.95. The van der Waals surface area contributed by atoms with Crippen molar-refractivity contribution in [2.75, 3.05) is 36.9 Å². The first-order chi connectivity index (χ1) is 20.4. The number of para-hydroxylation sites is 1. The van der Waals surface area contributed by atoms with Crippen LogP contribution in [0.2, 0.25) is 0 Å². The molecule has 222 valence electrons. The number of nitrogens with one attached hydrogen (secondary N) is 2. The van der Waals surface area contributed by atoms with E-state index in [9.17, 15) is 9.59 Å². The highest BCUT2D eigenvalue weighted by atomic mass is 16.2. The molecule has 0 radical (unpaired) electrons. The van der Waals surface area contributed by atoms with Gasteiger partial charge in [0, 0.05) is 68.3 Å². The predicted octanol–water partition coefficient (Wildman–Crippen LogP) is 5.49. The Morgan fingerprint density at radius 3 is 2.38 bits per heavy atom. The van der Waals surface area contributed by atoms with E-state index in [2.05, 4.69) is 27.0 Å². The molecule has 1 unspecified atom stereocenters. The van der Waals surface area contributed by atoms with Gasteiger partial charge in [0.1, 0.15) is 5.82 Å². The van der Waals surface area contributed by atoms with Crippen molar-refractivity contribution in [1.82, 2.24) is 24.7 Å². The van der Waals surface area contributed by atoms with Crippen molar-refractivity contribution in [3.05, 3.63) is 77.4 Å². The third-order valence-corrected chi connectivity index (χ3v) is 9.37. The quantitative estimate of drug-likeness (QED) is 0.394. The lowest BCUT2D eigenvalue weighted by Crippen LogP contribution is -2.46. The Bertz CT molecular complexity index is 1390. The minimum atomic E-state index is -0.0953. The van der Waals surface area contributed by atoms with Crippen molar-refractivity contribution in [2.24, 2.45) is 0 Å². The van der Waals surface area contributed by atoms with E-state index in [1.807, 2.05) is 71.3 Å². The first kappa shape index (κ1) is 28.3. The second-order valence-electron chi connectivity index (χ2n) is 12.0. The Kier molecular flexibility index (Phi) is 8.20. The zero-order valence-electron chi connectivity index (χ0n) is 25.1. The van der Waals surface area contributed by atoms with E-state index in [1.165, 1.54) is 24.1 Å². The molecule has 9 heteroatoms. The molecule has 4 amide bonds. The van der Waals surface area contributed by atoms with Gasteiger partial charge in [0.15, 0.2) is 0 Å². The number of urea groups is 2. The summed E-state index contributed by atoms with van der Waals surface area (Å²) in [6.45, 7) is 7.14. The number of benzene rings is 2. The number of hydrogen-bond acceptors (Lipinski definition) is 4. The van der Waals surface area contributed by atoms with E-state index in [4.69, 9.17) is 4.98 Å². The van der Waals surface area contributed by atoms with Gasteiger partial charge in [-0.15, -0.1) is 0 Å². The minimum absolute atomic E-state index is 0.0299. The molecule has 2 saturated heterocycles. The summed E-state index contributed by atoms with van der Waals surface area (Å²) in [4.78, 5) is 36.9. The van der Waals surface area contributed by atoms with Gasteiger partial charge in [-0.2, -0.15) is 0 Å². The molecule has 3 aliphatic heterocycles. The van der Waals surface area contributed by atoms with Gasteiger partial charge >= 0.3 is 12.1 Å². The molecule has 3 atom stereocenters. The SMILES string of the molecule is CNC(=O)N1CCc2c(nc(C)n2C2C[C@H]3CC[C@@H](C2)N3CCCN(C(=O)Nc2ccc(C)cc2)c2ccccc2)C1. The molecule has 0 aliphatic carbocycles. The van der Waals surface area contributed by atoms with Gasteiger partial charge in [-0.1, -0.05) is 35.9 Å². The van der Waals surface area contributed by atoms with Crippen LogP contribution in [0.25, 0.3) is 0 Å². The van der Waals surface area contributed by atoms with Crippen LogP contribution in [0.3, 0.4) is 0 Å². The Labute approximate surface area is 248 Å². The molecule has 2 bridgehead atoms. The third-order valence-electron chi connectivity index (χ3n) is 9.37. The molecule has 3 aromatic rings. The number of carbonyl (C=O) groups excluding carboxylic acids is 2. The maximum atomic E-state index is 13.4. The fourth-order valence-electron chi connectivity index (χ4n) is 7.37. The summed E-state index contributed by atoms with van der Waals surface area (Å²) in [6, 6.07) is 19.4. The number of amides is 4. The van der Waals surface area contributed by atoms with E-state index in [0.29, 0.717) is 31.2 Å². The van der Waals surface area contributed by atoms with Gasteiger partial charge in [-0.05, 0) is 70.2 Å². The fraction of sp³-hybridized carbons (Fsp3) is 0.485. The van der Waals surface area contributed by atoms with Crippen LogP contribution in [0, 0.1) is 13.8 Å². The zero-order chi connectivity index (χ0) is 29.2. The molecular formula is C33H43N7O2. The molecule has 0 saturated carbocycles. The number of aryl methyl sites for hydroxylation is 2. The van der Waals surface area contributed by atoms with Gasteiger partial charge in [0.2, 0.25) is 0 Å². The molecule has 42 heavy (non-hydrogen) atoms. The summed E-state index contributed by atoms with van der Waals surface area (Å²) in [5.41, 5.74) is 5.27. The normalized spacial score (nSPS) is 21.6. The molecule has 1 aromatic heterocycles. The molecule has 0 spiro atoms. The number of piperidine rings is 1. The number of imidazole rings is 1. The van der Waals surface area contributed by atoms with Gasteiger partial charge < -0.3 is 20.1 Å². The summed E-state index contributed by atoms with van der Waals surface area (Å²) >= 11 is 0. The fourth-order valence-corrected chi connectivity index (χ4v) is 7.37. The number of fused-ring (bicyclic) bond motifs is 3. The number of aromatic nitrogens is 2. The van der Waals surface area contributed by atoms with Crippen molar-refractivity contribution in [1.29, 1.82) is 0 Å². The van der Waals surface area contributed by atoms with Gasteiger partial charge in [-0.25, -0.2) is 14.6 Å². The lowest BCUT2D eigenvalue weighted by molar-refractivity contribution is 0.104. The van der Waals surface area contributed by atoms with Crippen LogP contribution in [0.4, 0.5) is 21.0 Å². The maximum absolute atomic E-state index is 13.4. The zero-order valence-corrected chi connectivity index (χ0v) is 25.1. The number of hydrogen-bond donors (Lipinski definition) is 2. The van der Waals surface area contributed by atoms with Crippen molar-refractivity contribution in [2.45, 2.75) is 77.0 Å². The highest BCUT2D eigenvalue weighted by Gasteiger charge is 2.42. The highest BCUT2D eigenvalue weighted by molar-refractivity contribution is 6.01. The second-order valence-corrected chi connectivity index (χ2v) is 12.0. The Hall–Kier alpha value is -3.85. The van der Waals surface area contributed by atoms with Crippen LogP contribution >= 0.6 is 0 Å². The largest absolute Gasteiger partial charge is 0.341 e. The van der Waals surface area contributed by atoms with E-state index in [-0.39, 0.29) is 12.1 Å². The summed E-state index contributed by atoms with van der Waals surface area (Å²) in [5, 5.41) is 5.84. The van der Waals surface area contributed by atoms with Crippen molar-refractivity contribution in [3.8, 4) is 0 Å². The van der Waals surface area contributed by atoms with Crippen LogP contribution in [0.1, 0.15) is 60.9 Å². The van der Waals surface area contributed by atoms with E-state index < -0.39 is 0 Å². The topological polar surface area (TPSA) is 85.7 Å². The molecule has 4 heterocycles. The maximum Gasteiger partial charge on any atom is 0.326 e. The Balaban J connectivity index is 1.09. The summed E-state index contributed by atoms with van der Waals surface area (Å²) < 4.78 is 2.51. The second kappa shape index (κ2) is 12.2. The molecule has 3 aliphatic rings. The third kappa shape index (κ3) is 5.75. The lowest BCUT2D eigenvalue weighted by Gasteiger charge is -2.41. The van der Waals surface area contributed by atoms with Crippen molar-refractivity contribution < 1.29 is 9.59 Å². The number of carbonyl (C=O) groups is 2. The van der Waals surface area contributed by atoms with E-state index in [1.54, 1.807) is 7.05 Å². The van der Waals surface area contributed by atoms with Crippen LogP contribution in [-0.2, 0) is 13.0 Å². The average Bonchev–Trinajstić information content (AvgIpc) is 3.45. The standard InChI is InChI=1S/C33H43N7O2/c1-23-10-12-25(13-11-23)36-33(42)39(26-8-5-4-6-9-26)18-7-17-38-27-14-15-28(38)21-29(20-27)40-24(2)35-30-22-37(32(41)34-3)19-16-31(30)40/h4-6,8-13,27-29H,7,14-22H2,1-3H3,(H,34,41)(H,36,42)/t27-,28+,29?. The molecule has 2 fully saturated rings. The van der Waals surface area contributed by atoms with Crippen molar-refractivity contribution in [3.63, 3.8) is 0 Å². The monoisotopic (exact) mass is 569 g/mol. The van der Waals surface area contributed by atoms with Crippen molar-refractivity contribution >= 4 is 23.4 Å². The smallest absolute Gasteiger partial charge is 0.326 e. The summed E-state index contributed by atoms with van der Waals surface area (Å²) in [7, 11) is 1.69. The Morgan fingerprint density at radius 1 is 0.976 bits per heavy atom. The first-order valence-corrected chi connectivity index (χ1v) is 15.4. The van der Waals surface area contributed by atoms with Crippen LogP contribution in [0.15, 0.2) is 54.6 Å². The number of nitrogens with zero attached hydrogens (tertiary/aromatic N) is 5. The first-order valence-electron chi connectivity index (χ1n) is 15.4. The van der Waals surface area contributed by atoms with E-state index >= 15 is 0 Å². The molecule has 2 N–H and O–H groups in total. The van der Waals surface area contributed by atoms with Gasteiger partial charge in [0.05, 0.1) is 12.2 Å². The highest BCUT2D eigenvalue weighted by Crippen LogP contribution is 2.42. The van der Waals surface area contributed by atoms with Gasteiger partial charge in [-0.3, -0.25) is 9.80 Å². The van der Waals surface area contributed by atoms with Gasteiger partial charge in [0.25, 0.3) is 0 Å². The number of rotatable bonds is 7. The molecule has 2 aromatic carbocycles. The summed E-state index contributed by atoms with van der Waals surface area (Å²) in [5.74, 6) is 1.08. The Morgan fingerprint density at radius 2 is 1.69 bits per heavy atom. The van der Waals surface area contributed by atoms with Crippen LogP contribution in [0.5, 0.6) is 0 Å². The summed E-state index contributed by atoms with van der Waals surface area (Å²) in [6.07, 6.45) is 6.52. The van der Waals surface area contributed by atoms with E-state index in [0.717, 1.165) is 61.7 Å². The number of anilines is 2. The predicted molar refractivity (Wildman–Crippen MR) is 166 cm³/mol. The molecular weight excluding hydrogens is 526 g/mol. The minimum Gasteiger partial charge on any atom is -0.341 e. The molecule has 6 rings (SSSR count). The molecule has 9 nitrogen and oxygen atoms in total.